The van der Waals surface area contributed by atoms with Gasteiger partial charge in [-0.2, -0.15) is 0 Å². The first kappa shape index (κ1) is 8.30. The highest BCUT2D eigenvalue weighted by Gasteiger charge is 2.26. The van der Waals surface area contributed by atoms with Crippen LogP contribution in [-0.2, 0) is 0 Å². The molecule has 1 aromatic carbocycles. The minimum Gasteiger partial charge on any atom is -0.493 e. The first-order valence-corrected chi connectivity index (χ1v) is 5.38. The molecule has 74 valence electrons. The molecule has 1 atom stereocenters. The Morgan fingerprint density at radius 3 is 3.00 bits per heavy atom. The largest absolute Gasteiger partial charge is 0.493 e. The van der Waals surface area contributed by atoms with Gasteiger partial charge in [0.05, 0.1) is 6.61 Å². The van der Waals surface area contributed by atoms with Crippen LogP contribution in [0.3, 0.4) is 0 Å². The molecule has 0 aromatic heterocycles. The molecule has 14 heavy (non-hydrogen) atoms. The van der Waals surface area contributed by atoms with Gasteiger partial charge in [-0.25, -0.2) is 0 Å². The topological polar surface area (TPSA) is 21.3 Å². The summed E-state index contributed by atoms with van der Waals surface area (Å²) >= 11 is 0. The van der Waals surface area contributed by atoms with E-state index in [2.05, 4.69) is 23.5 Å². The van der Waals surface area contributed by atoms with Gasteiger partial charge in [-0.05, 0) is 18.9 Å². The third-order valence-electron chi connectivity index (χ3n) is 3.03. The fourth-order valence-electron chi connectivity index (χ4n) is 1.99. The number of nitrogens with one attached hydrogen (secondary N) is 1. The van der Waals surface area contributed by atoms with E-state index < -0.39 is 0 Å². The van der Waals surface area contributed by atoms with Crippen molar-refractivity contribution in [1.29, 1.82) is 0 Å². The lowest BCUT2D eigenvalue weighted by Gasteiger charge is -2.09. The molecule has 1 heterocycles. The Labute approximate surface area is 84.3 Å². The molecule has 1 unspecified atom stereocenters. The molecule has 3 rings (SSSR count). The molecule has 2 heteroatoms. The van der Waals surface area contributed by atoms with Gasteiger partial charge in [0.25, 0.3) is 0 Å². The number of hydrogen-bond donors (Lipinski definition) is 1. The van der Waals surface area contributed by atoms with Gasteiger partial charge in [0.1, 0.15) is 5.75 Å². The maximum Gasteiger partial charge on any atom is 0.122 e. The van der Waals surface area contributed by atoms with Crippen LogP contribution in [0.5, 0.6) is 5.75 Å². The molecule has 1 N–H and O–H groups in total. The number of benzene rings is 1. The number of hydrogen-bond acceptors (Lipinski definition) is 2. The Hall–Kier alpha value is -1.02. The summed E-state index contributed by atoms with van der Waals surface area (Å²) in [6, 6.07) is 9.17. The summed E-state index contributed by atoms with van der Waals surface area (Å²) in [5.41, 5.74) is 1.38. The van der Waals surface area contributed by atoms with Crippen molar-refractivity contribution in [2.45, 2.75) is 24.8 Å². The summed E-state index contributed by atoms with van der Waals surface area (Å²) in [5.74, 6) is 1.64. The third-order valence-corrected chi connectivity index (χ3v) is 3.03. The SMILES string of the molecule is c1ccc2c(c1)OCC2CNC1CC1. The van der Waals surface area contributed by atoms with E-state index >= 15 is 0 Å². The van der Waals surface area contributed by atoms with Crippen molar-refractivity contribution in [2.75, 3.05) is 13.2 Å². The van der Waals surface area contributed by atoms with Crippen molar-refractivity contribution in [3.63, 3.8) is 0 Å². The van der Waals surface area contributed by atoms with Gasteiger partial charge < -0.3 is 10.1 Å². The first-order valence-electron chi connectivity index (χ1n) is 5.38. The summed E-state index contributed by atoms with van der Waals surface area (Å²) in [5, 5.41) is 3.56. The average molecular weight is 189 g/mol. The molecule has 1 fully saturated rings. The zero-order valence-corrected chi connectivity index (χ0v) is 8.20. The molecule has 2 nitrogen and oxygen atoms in total. The quantitative estimate of drug-likeness (QED) is 0.784. The summed E-state index contributed by atoms with van der Waals surface area (Å²) in [6.07, 6.45) is 2.71. The Bertz CT molecular complexity index is 333. The van der Waals surface area contributed by atoms with Crippen LogP contribution in [0.4, 0.5) is 0 Å². The fourth-order valence-corrected chi connectivity index (χ4v) is 1.99. The molecule has 1 aromatic rings. The van der Waals surface area contributed by atoms with E-state index in [1.807, 2.05) is 6.07 Å². The van der Waals surface area contributed by atoms with Gasteiger partial charge in [-0.15, -0.1) is 0 Å². The van der Waals surface area contributed by atoms with E-state index in [4.69, 9.17) is 4.74 Å². The minimum absolute atomic E-state index is 0.562. The highest BCUT2D eigenvalue weighted by Crippen LogP contribution is 2.33. The van der Waals surface area contributed by atoms with Gasteiger partial charge in [0, 0.05) is 24.1 Å². The number of para-hydroxylation sites is 1. The molecule has 0 bridgehead atoms. The van der Waals surface area contributed by atoms with Crippen LogP contribution < -0.4 is 10.1 Å². The molecule has 0 spiro atoms. The fraction of sp³-hybridized carbons (Fsp3) is 0.500. The zero-order valence-electron chi connectivity index (χ0n) is 8.20. The maximum absolute atomic E-state index is 5.62. The predicted octanol–water partition coefficient (Wildman–Crippen LogP) is 1.91. The second-order valence-electron chi connectivity index (χ2n) is 4.23. The Kier molecular flexibility index (Phi) is 1.95. The number of ether oxygens (including phenoxy) is 1. The van der Waals surface area contributed by atoms with E-state index in [0.29, 0.717) is 5.92 Å². The normalized spacial score (nSPS) is 24.4. The second kappa shape index (κ2) is 3.28. The average Bonchev–Trinajstić information content (AvgIpc) is 2.96. The van der Waals surface area contributed by atoms with E-state index in [0.717, 1.165) is 24.9 Å². The van der Waals surface area contributed by atoms with Crippen molar-refractivity contribution < 1.29 is 4.74 Å². The predicted molar refractivity (Wildman–Crippen MR) is 55.7 cm³/mol. The van der Waals surface area contributed by atoms with Crippen molar-refractivity contribution in [3.8, 4) is 5.75 Å². The highest BCUT2D eigenvalue weighted by atomic mass is 16.5. The van der Waals surface area contributed by atoms with Gasteiger partial charge >= 0.3 is 0 Å². The maximum atomic E-state index is 5.62. The van der Waals surface area contributed by atoms with E-state index in [-0.39, 0.29) is 0 Å². The van der Waals surface area contributed by atoms with E-state index in [9.17, 15) is 0 Å². The van der Waals surface area contributed by atoms with Crippen molar-refractivity contribution >= 4 is 0 Å². The summed E-state index contributed by atoms with van der Waals surface area (Å²) in [6.45, 7) is 1.92. The third kappa shape index (κ3) is 1.50. The van der Waals surface area contributed by atoms with Crippen LogP contribution in [0.2, 0.25) is 0 Å². The standard InChI is InChI=1S/C12H15NO/c1-2-4-12-11(3-1)9(8-14-12)7-13-10-5-6-10/h1-4,9-10,13H,5-8H2. The molecule has 0 saturated heterocycles. The van der Waals surface area contributed by atoms with Crippen LogP contribution in [0.15, 0.2) is 24.3 Å². The van der Waals surface area contributed by atoms with Crippen molar-refractivity contribution in [1.82, 2.24) is 5.32 Å². The second-order valence-corrected chi connectivity index (χ2v) is 4.23. The van der Waals surface area contributed by atoms with Crippen LogP contribution in [0, 0.1) is 0 Å². The number of rotatable bonds is 3. The molecular weight excluding hydrogens is 174 g/mol. The van der Waals surface area contributed by atoms with E-state index in [1.54, 1.807) is 0 Å². The van der Waals surface area contributed by atoms with Crippen LogP contribution in [0.1, 0.15) is 24.3 Å². The minimum atomic E-state index is 0.562. The van der Waals surface area contributed by atoms with Crippen LogP contribution in [-0.4, -0.2) is 19.2 Å². The Balaban J connectivity index is 1.70. The molecule has 0 amide bonds. The van der Waals surface area contributed by atoms with Crippen LogP contribution >= 0.6 is 0 Å². The Morgan fingerprint density at radius 1 is 1.29 bits per heavy atom. The number of fused-ring (bicyclic) bond motifs is 1. The molecule has 0 radical (unpaired) electrons. The molecule has 1 aliphatic carbocycles. The lowest BCUT2D eigenvalue weighted by molar-refractivity contribution is 0.326. The summed E-state index contributed by atoms with van der Waals surface area (Å²) < 4.78 is 5.62. The van der Waals surface area contributed by atoms with Gasteiger partial charge in [-0.3, -0.25) is 0 Å². The monoisotopic (exact) mass is 189 g/mol. The first-order chi connectivity index (χ1) is 6.93. The van der Waals surface area contributed by atoms with Gasteiger partial charge in [0.2, 0.25) is 0 Å². The lowest BCUT2D eigenvalue weighted by atomic mass is 10.0. The molecule has 1 aliphatic heterocycles. The van der Waals surface area contributed by atoms with Crippen molar-refractivity contribution in [3.05, 3.63) is 29.8 Å². The highest BCUT2D eigenvalue weighted by molar-refractivity contribution is 5.39. The van der Waals surface area contributed by atoms with E-state index in [1.165, 1.54) is 18.4 Å². The molecule has 1 saturated carbocycles. The summed E-state index contributed by atoms with van der Waals surface area (Å²) in [7, 11) is 0. The van der Waals surface area contributed by atoms with Crippen LogP contribution in [0.25, 0.3) is 0 Å². The zero-order chi connectivity index (χ0) is 9.38. The van der Waals surface area contributed by atoms with Crippen molar-refractivity contribution in [2.24, 2.45) is 0 Å². The van der Waals surface area contributed by atoms with Gasteiger partial charge in [-0.1, -0.05) is 18.2 Å². The van der Waals surface area contributed by atoms with Gasteiger partial charge in [0.15, 0.2) is 0 Å². The lowest BCUT2D eigenvalue weighted by Crippen LogP contribution is -2.24. The summed E-state index contributed by atoms with van der Waals surface area (Å²) in [4.78, 5) is 0. The molecular formula is C12H15NO. The molecule has 2 aliphatic rings. The smallest absolute Gasteiger partial charge is 0.122 e. The Morgan fingerprint density at radius 2 is 2.14 bits per heavy atom.